The molecule has 0 aromatic heterocycles. The monoisotopic (exact) mass is 278 g/mol. The number of benzene rings is 1. The van der Waals surface area contributed by atoms with Gasteiger partial charge in [-0.25, -0.2) is 0 Å². The highest BCUT2D eigenvalue weighted by Crippen LogP contribution is 2.22. The van der Waals surface area contributed by atoms with Crippen molar-refractivity contribution in [2.24, 2.45) is 0 Å². The van der Waals surface area contributed by atoms with E-state index >= 15 is 0 Å². The largest absolute Gasteiger partial charge is 0.489 e. The Kier molecular flexibility index (Phi) is 5.68. The summed E-state index contributed by atoms with van der Waals surface area (Å²) in [6, 6.07) is 7.99. The van der Waals surface area contributed by atoms with Gasteiger partial charge in [0.05, 0.1) is 5.69 Å². The summed E-state index contributed by atoms with van der Waals surface area (Å²) in [6.07, 6.45) is 5.97. The fraction of sp³-hybridized carbons (Fsp3) is 0.625. The third-order valence-corrected chi connectivity index (χ3v) is 4.05. The van der Waals surface area contributed by atoms with Crippen LogP contribution in [0.2, 0.25) is 0 Å². The van der Waals surface area contributed by atoms with Crippen LogP contribution in [0.5, 0.6) is 5.75 Å². The van der Waals surface area contributed by atoms with Gasteiger partial charge >= 0.3 is 0 Å². The first-order chi connectivity index (χ1) is 9.66. The molecule has 0 aliphatic heterocycles. The standard InChI is InChI=1S/C16H26N2O2/c1-18(13-7-3-2-4-8-13)11-14(19)12-20-16-10-6-5-9-15(16)17/h5-6,9-10,13-14,19H,2-4,7-8,11-12,17H2,1H3. The predicted molar refractivity (Wildman–Crippen MR) is 81.9 cm³/mol. The number of likely N-dealkylation sites (N-methyl/N-ethyl adjacent to an activating group) is 1. The smallest absolute Gasteiger partial charge is 0.142 e. The van der Waals surface area contributed by atoms with Gasteiger partial charge in [0.15, 0.2) is 0 Å². The maximum absolute atomic E-state index is 10.1. The van der Waals surface area contributed by atoms with Crippen molar-refractivity contribution in [3.8, 4) is 5.75 Å². The van der Waals surface area contributed by atoms with Crippen LogP contribution in [-0.4, -0.2) is 42.4 Å². The Morgan fingerprint density at radius 2 is 2.00 bits per heavy atom. The molecule has 112 valence electrons. The van der Waals surface area contributed by atoms with Crippen LogP contribution in [0.3, 0.4) is 0 Å². The first-order valence-electron chi connectivity index (χ1n) is 7.52. The van der Waals surface area contributed by atoms with Crippen molar-refractivity contribution in [1.82, 2.24) is 4.90 Å². The highest BCUT2D eigenvalue weighted by molar-refractivity contribution is 5.51. The van der Waals surface area contributed by atoms with Crippen LogP contribution < -0.4 is 10.5 Å². The van der Waals surface area contributed by atoms with E-state index < -0.39 is 6.10 Å². The second kappa shape index (κ2) is 7.50. The van der Waals surface area contributed by atoms with Crippen LogP contribution in [0.25, 0.3) is 0 Å². The summed E-state index contributed by atoms with van der Waals surface area (Å²) >= 11 is 0. The van der Waals surface area contributed by atoms with Crippen molar-refractivity contribution >= 4 is 5.69 Å². The number of ether oxygens (including phenoxy) is 1. The van der Waals surface area contributed by atoms with Crippen molar-refractivity contribution in [3.05, 3.63) is 24.3 Å². The second-order valence-electron chi connectivity index (χ2n) is 5.73. The van der Waals surface area contributed by atoms with Crippen molar-refractivity contribution in [3.63, 3.8) is 0 Å². The Hall–Kier alpha value is -1.26. The van der Waals surface area contributed by atoms with Gasteiger partial charge in [0, 0.05) is 12.6 Å². The lowest BCUT2D eigenvalue weighted by atomic mass is 9.94. The Morgan fingerprint density at radius 1 is 1.30 bits per heavy atom. The van der Waals surface area contributed by atoms with E-state index in [9.17, 15) is 5.11 Å². The molecule has 0 radical (unpaired) electrons. The number of nitrogens with two attached hydrogens (primary N) is 1. The van der Waals surface area contributed by atoms with E-state index in [-0.39, 0.29) is 6.61 Å². The molecule has 4 nitrogen and oxygen atoms in total. The number of hydrogen-bond acceptors (Lipinski definition) is 4. The Balaban J connectivity index is 1.74. The molecule has 1 unspecified atom stereocenters. The molecule has 1 aromatic carbocycles. The minimum atomic E-state index is -0.485. The number of hydrogen-bond donors (Lipinski definition) is 2. The van der Waals surface area contributed by atoms with Gasteiger partial charge in [0.1, 0.15) is 18.5 Å². The third kappa shape index (κ3) is 4.39. The summed E-state index contributed by atoms with van der Waals surface area (Å²) in [7, 11) is 2.09. The first kappa shape index (κ1) is 15.1. The Morgan fingerprint density at radius 3 is 2.70 bits per heavy atom. The lowest BCUT2D eigenvalue weighted by Crippen LogP contribution is -2.40. The van der Waals surface area contributed by atoms with Gasteiger partial charge in [-0.2, -0.15) is 0 Å². The topological polar surface area (TPSA) is 58.7 Å². The molecule has 1 saturated carbocycles. The zero-order valence-electron chi connectivity index (χ0n) is 12.3. The number of nitrogens with zero attached hydrogens (tertiary/aromatic N) is 1. The molecule has 1 fully saturated rings. The van der Waals surface area contributed by atoms with Crippen LogP contribution >= 0.6 is 0 Å². The highest BCUT2D eigenvalue weighted by Gasteiger charge is 2.20. The zero-order valence-corrected chi connectivity index (χ0v) is 12.3. The van der Waals surface area contributed by atoms with Crippen molar-refractivity contribution in [1.29, 1.82) is 0 Å². The average Bonchev–Trinajstić information content (AvgIpc) is 2.47. The molecule has 1 aromatic rings. The van der Waals surface area contributed by atoms with Gasteiger partial charge in [0.25, 0.3) is 0 Å². The Bertz CT molecular complexity index is 405. The third-order valence-electron chi connectivity index (χ3n) is 4.05. The molecule has 20 heavy (non-hydrogen) atoms. The van der Waals surface area contributed by atoms with Crippen molar-refractivity contribution < 1.29 is 9.84 Å². The fourth-order valence-corrected chi connectivity index (χ4v) is 2.85. The summed E-state index contributed by atoms with van der Waals surface area (Å²) in [6.45, 7) is 0.933. The highest BCUT2D eigenvalue weighted by atomic mass is 16.5. The van der Waals surface area contributed by atoms with E-state index in [1.807, 2.05) is 18.2 Å². The maximum atomic E-state index is 10.1. The van der Waals surface area contributed by atoms with E-state index in [0.29, 0.717) is 24.0 Å². The quantitative estimate of drug-likeness (QED) is 0.784. The molecule has 1 aliphatic carbocycles. The minimum absolute atomic E-state index is 0.283. The van der Waals surface area contributed by atoms with Crippen LogP contribution in [0.15, 0.2) is 24.3 Å². The number of para-hydroxylation sites is 2. The van der Waals surface area contributed by atoms with Crippen molar-refractivity contribution in [2.75, 3.05) is 25.9 Å². The molecular formula is C16H26N2O2. The summed E-state index contributed by atoms with van der Waals surface area (Å²) < 4.78 is 5.59. The van der Waals surface area contributed by atoms with Gasteiger partial charge < -0.3 is 20.5 Å². The average molecular weight is 278 g/mol. The molecule has 0 spiro atoms. The maximum Gasteiger partial charge on any atom is 0.142 e. The molecule has 0 heterocycles. The van der Waals surface area contributed by atoms with E-state index in [1.165, 1.54) is 32.1 Å². The Labute approximate surface area is 121 Å². The number of rotatable bonds is 6. The number of aliphatic hydroxyl groups excluding tert-OH is 1. The van der Waals surface area contributed by atoms with Crippen LogP contribution in [0, 0.1) is 0 Å². The zero-order chi connectivity index (χ0) is 14.4. The fourth-order valence-electron chi connectivity index (χ4n) is 2.85. The molecule has 4 heteroatoms. The van der Waals surface area contributed by atoms with Gasteiger partial charge in [-0.1, -0.05) is 31.4 Å². The lowest BCUT2D eigenvalue weighted by molar-refractivity contribution is 0.0564. The molecule has 0 saturated heterocycles. The summed E-state index contributed by atoms with van der Waals surface area (Å²) in [5, 5.41) is 10.1. The van der Waals surface area contributed by atoms with Crippen molar-refractivity contribution in [2.45, 2.75) is 44.2 Å². The van der Waals surface area contributed by atoms with Crippen LogP contribution in [-0.2, 0) is 0 Å². The molecular weight excluding hydrogens is 252 g/mol. The SMILES string of the molecule is CN(CC(O)COc1ccccc1N)C1CCCCC1. The normalized spacial score (nSPS) is 18.1. The second-order valence-corrected chi connectivity index (χ2v) is 5.73. The van der Waals surface area contributed by atoms with Crippen LogP contribution in [0.4, 0.5) is 5.69 Å². The molecule has 2 rings (SSSR count). The molecule has 1 aliphatic rings. The van der Waals surface area contributed by atoms with Gasteiger partial charge in [-0.3, -0.25) is 0 Å². The van der Waals surface area contributed by atoms with E-state index in [2.05, 4.69) is 11.9 Å². The summed E-state index contributed by atoms with van der Waals surface area (Å²) in [5.74, 6) is 0.645. The number of nitrogen functional groups attached to an aromatic ring is 1. The summed E-state index contributed by atoms with van der Waals surface area (Å²) in [5.41, 5.74) is 6.42. The van der Waals surface area contributed by atoms with Crippen LogP contribution in [0.1, 0.15) is 32.1 Å². The van der Waals surface area contributed by atoms with E-state index in [4.69, 9.17) is 10.5 Å². The van der Waals surface area contributed by atoms with Gasteiger partial charge in [0.2, 0.25) is 0 Å². The van der Waals surface area contributed by atoms with Gasteiger partial charge in [-0.05, 0) is 32.0 Å². The first-order valence-corrected chi connectivity index (χ1v) is 7.52. The molecule has 0 amide bonds. The van der Waals surface area contributed by atoms with E-state index in [1.54, 1.807) is 6.07 Å². The number of anilines is 1. The molecule has 0 bridgehead atoms. The number of aliphatic hydroxyl groups is 1. The lowest BCUT2D eigenvalue weighted by Gasteiger charge is -2.32. The predicted octanol–water partition coefficient (Wildman–Crippen LogP) is 2.27. The molecule has 3 N–H and O–H groups in total. The molecule has 1 atom stereocenters. The minimum Gasteiger partial charge on any atom is -0.489 e. The summed E-state index contributed by atoms with van der Waals surface area (Å²) in [4.78, 5) is 2.27. The van der Waals surface area contributed by atoms with E-state index in [0.717, 1.165) is 0 Å². The van der Waals surface area contributed by atoms with Gasteiger partial charge in [-0.15, -0.1) is 0 Å².